The van der Waals surface area contributed by atoms with Crippen molar-refractivity contribution in [1.29, 1.82) is 0 Å². The molecule has 1 aliphatic heterocycles. The van der Waals surface area contributed by atoms with Gasteiger partial charge in [0.2, 0.25) is 0 Å². The largest absolute Gasteiger partial charge is 0.473 e. The van der Waals surface area contributed by atoms with Crippen LogP contribution in [0.3, 0.4) is 0 Å². The van der Waals surface area contributed by atoms with E-state index in [1.807, 2.05) is 0 Å². The third-order valence-electron chi connectivity index (χ3n) is 8.73. The highest BCUT2D eigenvalue weighted by atomic mass is 16.4. The number of β-amino-alcohol motifs (C(OH)–C–C–N with tert-alkyl or cyclic N) is 2. The van der Waals surface area contributed by atoms with E-state index in [4.69, 9.17) is 19.8 Å². The zero-order valence-corrected chi connectivity index (χ0v) is 25.4. The molecular weight excluding hydrogens is 584 g/mol. The van der Waals surface area contributed by atoms with Crippen molar-refractivity contribution < 1.29 is 30.0 Å². The van der Waals surface area contributed by atoms with E-state index >= 15 is 0 Å². The molecule has 2 unspecified atom stereocenters. The Morgan fingerprint density at radius 1 is 0.478 bits per heavy atom. The number of aliphatic hydroxyl groups is 2. The van der Waals surface area contributed by atoms with E-state index in [-0.39, 0.29) is 0 Å². The lowest BCUT2D eigenvalue weighted by molar-refractivity contribution is -0.159. The van der Waals surface area contributed by atoms with Crippen LogP contribution in [0.5, 0.6) is 0 Å². The molecule has 0 amide bonds. The molecule has 1 saturated heterocycles. The molecule has 6 aromatic rings. The molecule has 10 heteroatoms. The standard InChI is InChI=1S/C34H36N4O2.C2H2O4/c39-25(23-37-31-13-5-1-9-27(31)28-10-2-6-14-32(28)37)21-35-17-19-36(20-18-35)22-26(40)24-38-33-15-7-3-11-29(33)30-12-4-8-16-34(30)38;3-1(4)2(5)6/h1-16,25-26,39-40H,17-24H2;(H,3,4)(H,5,6). The first-order chi connectivity index (χ1) is 22.3. The number of para-hydroxylation sites is 4. The third kappa shape index (κ3) is 6.61. The lowest BCUT2D eigenvalue weighted by atomic mass is 10.2. The van der Waals surface area contributed by atoms with E-state index in [0.29, 0.717) is 26.2 Å². The highest BCUT2D eigenvalue weighted by Crippen LogP contribution is 2.30. The molecule has 1 fully saturated rings. The summed E-state index contributed by atoms with van der Waals surface area (Å²) in [5.41, 5.74) is 4.68. The van der Waals surface area contributed by atoms with E-state index in [1.165, 1.54) is 43.6 Å². The second-order valence-electron chi connectivity index (χ2n) is 11.8. The van der Waals surface area contributed by atoms with Crippen molar-refractivity contribution in [2.24, 2.45) is 0 Å². The van der Waals surface area contributed by atoms with Gasteiger partial charge in [-0.25, -0.2) is 9.59 Å². The molecule has 0 spiro atoms. The van der Waals surface area contributed by atoms with Gasteiger partial charge in [-0.2, -0.15) is 0 Å². The van der Waals surface area contributed by atoms with Crippen LogP contribution < -0.4 is 0 Å². The highest BCUT2D eigenvalue weighted by Gasteiger charge is 2.23. The van der Waals surface area contributed by atoms with Crippen LogP contribution in [-0.4, -0.2) is 103 Å². The van der Waals surface area contributed by atoms with Crippen molar-refractivity contribution >= 4 is 55.6 Å². The molecule has 0 radical (unpaired) electrons. The first-order valence-corrected chi connectivity index (χ1v) is 15.5. The molecule has 1 aliphatic rings. The van der Waals surface area contributed by atoms with Crippen LogP contribution in [0.15, 0.2) is 97.1 Å². The predicted molar refractivity (Wildman–Crippen MR) is 179 cm³/mol. The van der Waals surface area contributed by atoms with E-state index in [9.17, 15) is 10.2 Å². The van der Waals surface area contributed by atoms with Crippen molar-refractivity contribution in [3.05, 3.63) is 97.1 Å². The number of benzene rings is 4. The number of hydrogen-bond acceptors (Lipinski definition) is 6. The first-order valence-electron chi connectivity index (χ1n) is 15.5. The maximum Gasteiger partial charge on any atom is 0.414 e. The second kappa shape index (κ2) is 13.7. The molecule has 4 N–H and O–H groups in total. The summed E-state index contributed by atoms with van der Waals surface area (Å²) in [6, 6.07) is 33.8. The molecule has 0 aliphatic carbocycles. The molecule has 238 valence electrons. The Hall–Kier alpha value is -4.74. The predicted octanol–water partition coefficient (Wildman–Crippen LogP) is 4.10. The summed E-state index contributed by atoms with van der Waals surface area (Å²) >= 11 is 0. The van der Waals surface area contributed by atoms with Crippen molar-refractivity contribution in [2.45, 2.75) is 25.3 Å². The topological polar surface area (TPSA) is 131 Å². The van der Waals surface area contributed by atoms with Crippen molar-refractivity contribution in [1.82, 2.24) is 18.9 Å². The van der Waals surface area contributed by atoms with Crippen LogP contribution in [0, 0.1) is 0 Å². The van der Waals surface area contributed by atoms with Crippen LogP contribution in [0.4, 0.5) is 0 Å². The van der Waals surface area contributed by atoms with Gasteiger partial charge in [-0.15, -0.1) is 0 Å². The van der Waals surface area contributed by atoms with Crippen molar-refractivity contribution in [2.75, 3.05) is 39.3 Å². The summed E-state index contributed by atoms with van der Waals surface area (Å²) in [5, 5.41) is 41.9. The smallest absolute Gasteiger partial charge is 0.414 e. The summed E-state index contributed by atoms with van der Waals surface area (Å²) in [6.45, 7) is 6.03. The van der Waals surface area contributed by atoms with Gasteiger partial charge in [-0.1, -0.05) is 72.8 Å². The fourth-order valence-corrected chi connectivity index (χ4v) is 6.69. The average Bonchev–Trinajstić information content (AvgIpc) is 3.55. The Morgan fingerprint density at radius 3 is 1.00 bits per heavy atom. The second-order valence-corrected chi connectivity index (χ2v) is 11.8. The minimum absolute atomic E-state index is 0.452. The molecule has 7 rings (SSSR count). The van der Waals surface area contributed by atoms with Gasteiger partial charge < -0.3 is 29.6 Å². The Kier molecular flexibility index (Phi) is 9.32. The SMILES string of the molecule is O=C(O)C(=O)O.OC(CN1CCN(CC(O)Cn2c3ccccc3c3ccccc32)CC1)Cn1c2ccccc2c2ccccc21. The number of aliphatic carboxylic acids is 2. The van der Waals surface area contributed by atoms with Crippen LogP contribution >= 0.6 is 0 Å². The summed E-state index contributed by atoms with van der Waals surface area (Å²) in [7, 11) is 0. The molecule has 46 heavy (non-hydrogen) atoms. The summed E-state index contributed by atoms with van der Waals surface area (Å²) in [5.74, 6) is -3.65. The molecule has 3 heterocycles. The van der Waals surface area contributed by atoms with Crippen molar-refractivity contribution in [3.8, 4) is 0 Å². The molecule has 2 atom stereocenters. The third-order valence-corrected chi connectivity index (χ3v) is 8.73. The molecule has 4 aromatic carbocycles. The monoisotopic (exact) mass is 622 g/mol. The number of piperazine rings is 1. The van der Waals surface area contributed by atoms with E-state index < -0.39 is 24.1 Å². The fourth-order valence-electron chi connectivity index (χ4n) is 6.69. The number of carboxylic acid groups (broad SMARTS) is 2. The van der Waals surface area contributed by atoms with Gasteiger partial charge in [0.25, 0.3) is 0 Å². The van der Waals surface area contributed by atoms with Gasteiger partial charge in [0.05, 0.1) is 25.3 Å². The summed E-state index contributed by atoms with van der Waals surface area (Å²) in [6.07, 6.45) is -0.904. The van der Waals surface area contributed by atoms with E-state index in [2.05, 4.69) is 116 Å². The number of aliphatic hydroxyl groups excluding tert-OH is 2. The number of rotatable bonds is 8. The van der Waals surface area contributed by atoms with Crippen LogP contribution in [-0.2, 0) is 22.7 Å². The number of carbonyl (C=O) groups is 2. The number of nitrogens with zero attached hydrogens (tertiary/aromatic N) is 4. The maximum absolute atomic E-state index is 11.1. The van der Waals surface area contributed by atoms with Gasteiger partial charge in [-0.3, -0.25) is 9.80 Å². The Morgan fingerprint density at radius 2 is 0.739 bits per heavy atom. The van der Waals surface area contributed by atoms with E-state index in [0.717, 1.165) is 26.2 Å². The van der Waals surface area contributed by atoms with Crippen LogP contribution in [0.2, 0.25) is 0 Å². The zero-order valence-electron chi connectivity index (χ0n) is 25.4. The Labute approximate surface area is 265 Å². The maximum atomic E-state index is 11.1. The summed E-state index contributed by atoms with van der Waals surface area (Å²) < 4.78 is 4.52. The van der Waals surface area contributed by atoms with E-state index in [1.54, 1.807) is 0 Å². The summed E-state index contributed by atoms with van der Waals surface area (Å²) in [4.78, 5) is 22.9. The minimum Gasteiger partial charge on any atom is -0.473 e. The molecule has 10 nitrogen and oxygen atoms in total. The fraction of sp³-hybridized carbons (Fsp3) is 0.278. The van der Waals surface area contributed by atoms with Gasteiger partial charge in [0, 0.05) is 82.9 Å². The Bertz CT molecular complexity index is 1740. The van der Waals surface area contributed by atoms with Crippen molar-refractivity contribution in [3.63, 3.8) is 0 Å². The molecule has 2 aromatic heterocycles. The van der Waals surface area contributed by atoms with Crippen LogP contribution in [0.1, 0.15) is 0 Å². The molecule has 0 bridgehead atoms. The number of hydrogen-bond donors (Lipinski definition) is 4. The number of carboxylic acids is 2. The molecule has 0 saturated carbocycles. The van der Waals surface area contributed by atoms with Gasteiger partial charge in [-0.05, 0) is 24.3 Å². The number of aromatic nitrogens is 2. The average molecular weight is 623 g/mol. The molecular formula is C36H38N4O6. The quantitative estimate of drug-likeness (QED) is 0.187. The Balaban J connectivity index is 0.000000568. The van der Waals surface area contributed by atoms with Gasteiger partial charge in [0.15, 0.2) is 0 Å². The first kappa shape index (κ1) is 31.3. The highest BCUT2D eigenvalue weighted by molar-refractivity contribution is 6.27. The lowest BCUT2D eigenvalue weighted by Crippen LogP contribution is -2.50. The van der Waals surface area contributed by atoms with Gasteiger partial charge in [0.1, 0.15) is 0 Å². The minimum atomic E-state index is -1.82. The van der Waals surface area contributed by atoms with Crippen LogP contribution in [0.25, 0.3) is 43.6 Å². The van der Waals surface area contributed by atoms with Gasteiger partial charge >= 0.3 is 11.9 Å². The zero-order chi connectivity index (χ0) is 32.2. The lowest BCUT2D eigenvalue weighted by Gasteiger charge is -2.36. The normalized spacial score (nSPS) is 15.6. The number of fused-ring (bicyclic) bond motifs is 6.